The number of hydrogen-bond donors (Lipinski definition) is 0. The Morgan fingerprint density at radius 1 is 1.16 bits per heavy atom. The van der Waals surface area contributed by atoms with Gasteiger partial charge in [-0.15, -0.1) is 11.3 Å². The third-order valence-electron chi connectivity index (χ3n) is 6.27. The molecule has 31 heavy (non-hydrogen) atoms. The molecule has 1 fully saturated rings. The van der Waals surface area contributed by atoms with Crippen LogP contribution in [0.1, 0.15) is 45.9 Å². The van der Waals surface area contributed by atoms with Gasteiger partial charge >= 0.3 is 0 Å². The first-order valence-electron chi connectivity index (χ1n) is 10.8. The summed E-state index contributed by atoms with van der Waals surface area (Å²) in [6.45, 7) is 4.95. The zero-order chi connectivity index (χ0) is 21.5. The third-order valence-corrected chi connectivity index (χ3v) is 7.44. The van der Waals surface area contributed by atoms with Crippen molar-refractivity contribution in [1.29, 1.82) is 0 Å². The molecular weight excluding hydrogens is 415 g/mol. The Morgan fingerprint density at radius 3 is 2.84 bits per heavy atom. The van der Waals surface area contributed by atoms with E-state index in [2.05, 4.69) is 4.90 Å². The maximum absolute atomic E-state index is 14.1. The lowest BCUT2D eigenvalue weighted by Crippen LogP contribution is -2.47. The number of benzene rings is 1. The van der Waals surface area contributed by atoms with Gasteiger partial charge < -0.3 is 4.90 Å². The number of carbonyl (C=O) groups excluding carboxylic acids is 1. The second kappa shape index (κ2) is 8.16. The van der Waals surface area contributed by atoms with Crippen molar-refractivity contribution >= 4 is 27.5 Å². The zero-order valence-corrected chi connectivity index (χ0v) is 18.4. The molecule has 1 amide bonds. The second-order valence-electron chi connectivity index (χ2n) is 8.39. The third kappa shape index (κ3) is 3.68. The SMILES string of the molecule is Cc1c(C(=O)N2CCCN(Cc3ccccc3F)C2)sc2nc3n(c(=O)c12)CCCC3. The fourth-order valence-electron chi connectivity index (χ4n) is 4.61. The average Bonchev–Trinajstić information content (AvgIpc) is 3.11. The largest absolute Gasteiger partial charge is 0.325 e. The van der Waals surface area contributed by atoms with Crippen LogP contribution in [0.25, 0.3) is 10.2 Å². The second-order valence-corrected chi connectivity index (χ2v) is 9.38. The molecule has 0 saturated carbocycles. The minimum absolute atomic E-state index is 0.0210. The van der Waals surface area contributed by atoms with Crippen LogP contribution in [0, 0.1) is 12.7 Å². The van der Waals surface area contributed by atoms with E-state index < -0.39 is 0 Å². The Labute approximate surface area is 183 Å². The van der Waals surface area contributed by atoms with E-state index in [-0.39, 0.29) is 17.3 Å². The fraction of sp³-hybridized carbons (Fsp3) is 0.435. The minimum Gasteiger partial charge on any atom is -0.325 e. The van der Waals surface area contributed by atoms with Crippen LogP contribution in [0.5, 0.6) is 0 Å². The summed E-state index contributed by atoms with van der Waals surface area (Å²) in [5, 5.41) is 0.583. The standard InChI is InChI=1S/C23H25FN4O2S/c1-15-19-21(25-18-9-4-5-12-28(18)22(19)29)31-20(15)23(30)27-11-6-10-26(14-27)13-16-7-2-3-8-17(16)24/h2-3,7-8H,4-6,9-14H2,1H3. The van der Waals surface area contributed by atoms with Crippen LogP contribution >= 0.6 is 11.3 Å². The number of fused-ring (bicyclic) bond motifs is 2. The monoisotopic (exact) mass is 440 g/mol. The van der Waals surface area contributed by atoms with E-state index in [4.69, 9.17) is 4.98 Å². The van der Waals surface area contributed by atoms with Gasteiger partial charge in [0.2, 0.25) is 0 Å². The number of hydrogen-bond acceptors (Lipinski definition) is 5. The lowest BCUT2D eigenvalue weighted by atomic mass is 10.1. The number of carbonyl (C=O) groups is 1. The molecule has 0 spiro atoms. The molecule has 4 heterocycles. The number of halogens is 1. The lowest BCUT2D eigenvalue weighted by molar-refractivity contribution is 0.0482. The summed E-state index contributed by atoms with van der Waals surface area (Å²) < 4.78 is 15.8. The first kappa shape index (κ1) is 20.3. The van der Waals surface area contributed by atoms with E-state index in [1.165, 1.54) is 17.4 Å². The van der Waals surface area contributed by atoms with E-state index in [9.17, 15) is 14.0 Å². The predicted octanol–water partition coefficient (Wildman–Crippen LogP) is 3.55. The number of aryl methyl sites for hydroxylation is 2. The molecular formula is C23H25FN4O2S. The Balaban J connectivity index is 1.42. The number of nitrogens with zero attached hydrogens (tertiary/aromatic N) is 4. The molecule has 3 aromatic rings. The molecule has 6 nitrogen and oxygen atoms in total. The van der Waals surface area contributed by atoms with Crippen LogP contribution in [0.15, 0.2) is 29.1 Å². The van der Waals surface area contributed by atoms with E-state index in [0.29, 0.717) is 47.0 Å². The van der Waals surface area contributed by atoms with Gasteiger partial charge in [0.05, 0.1) is 16.9 Å². The van der Waals surface area contributed by atoms with Crippen LogP contribution in [-0.4, -0.2) is 45.0 Å². The van der Waals surface area contributed by atoms with Crippen LogP contribution in [0.2, 0.25) is 0 Å². The summed E-state index contributed by atoms with van der Waals surface area (Å²) in [5.41, 5.74) is 1.35. The quantitative estimate of drug-likeness (QED) is 0.625. The molecule has 162 valence electrons. The van der Waals surface area contributed by atoms with Gasteiger partial charge in [-0.3, -0.25) is 19.1 Å². The first-order valence-corrected chi connectivity index (χ1v) is 11.6. The van der Waals surface area contributed by atoms with Gasteiger partial charge in [-0.1, -0.05) is 18.2 Å². The molecule has 0 bridgehead atoms. The molecule has 2 aliphatic heterocycles. The van der Waals surface area contributed by atoms with Crippen molar-refractivity contribution in [2.45, 2.75) is 45.7 Å². The number of amides is 1. The van der Waals surface area contributed by atoms with Gasteiger partial charge in [0.1, 0.15) is 16.5 Å². The minimum atomic E-state index is -0.221. The van der Waals surface area contributed by atoms with Crippen LogP contribution in [0.3, 0.4) is 0 Å². The molecule has 0 unspecified atom stereocenters. The van der Waals surface area contributed by atoms with Gasteiger partial charge in [0, 0.05) is 38.2 Å². The Morgan fingerprint density at radius 2 is 2.00 bits per heavy atom. The lowest BCUT2D eigenvalue weighted by Gasteiger charge is -2.35. The van der Waals surface area contributed by atoms with Crippen LogP contribution < -0.4 is 5.56 Å². The summed E-state index contributed by atoms with van der Waals surface area (Å²) in [7, 11) is 0. The first-order chi connectivity index (χ1) is 15.0. The normalized spacial score (nSPS) is 17.2. The number of aromatic nitrogens is 2. The molecule has 1 aromatic carbocycles. The molecule has 2 aromatic heterocycles. The summed E-state index contributed by atoms with van der Waals surface area (Å²) in [5.74, 6) is 0.543. The highest BCUT2D eigenvalue weighted by molar-refractivity contribution is 7.20. The highest BCUT2D eigenvalue weighted by Crippen LogP contribution is 2.30. The van der Waals surface area contributed by atoms with E-state index >= 15 is 0 Å². The smallest absolute Gasteiger partial charge is 0.265 e. The zero-order valence-electron chi connectivity index (χ0n) is 17.6. The average molecular weight is 441 g/mol. The van der Waals surface area contributed by atoms with Gasteiger partial charge in [-0.2, -0.15) is 0 Å². The molecule has 8 heteroatoms. The molecule has 2 aliphatic rings. The topological polar surface area (TPSA) is 58.4 Å². The summed E-state index contributed by atoms with van der Waals surface area (Å²) in [6.07, 6.45) is 3.67. The summed E-state index contributed by atoms with van der Waals surface area (Å²) in [6, 6.07) is 6.77. The summed E-state index contributed by atoms with van der Waals surface area (Å²) >= 11 is 1.33. The Bertz CT molecular complexity index is 1220. The Kier molecular flexibility index (Phi) is 5.35. The number of rotatable bonds is 3. The molecule has 0 N–H and O–H groups in total. The van der Waals surface area contributed by atoms with Gasteiger partial charge in [0.15, 0.2) is 0 Å². The van der Waals surface area contributed by atoms with Gasteiger partial charge in [-0.05, 0) is 37.8 Å². The fourth-order valence-corrected chi connectivity index (χ4v) is 5.77. The van der Waals surface area contributed by atoms with Crippen LogP contribution in [0.4, 0.5) is 4.39 Å². The van der Waals surface area contributed by atoms with Gasteiger partial charge in [-0.25, -0.2) is 9.37 Å². The van der Waals surface area contributed by atoms with E-state index in [0.717, 1.165) is 43.6 Å². The highest BCUT2D eigenvalue weighted by atomic mass is 32.1. The van der Waals surface area contributed by atoms with E-state index in [1.54, 1.807) is 21.6 Å². The molecule has 5 rings (SSSR count). The van der Waals surface area contributed by atoms with Crippen molar-refractivity contribution in [3.05, 3.63) is 62.3 Å². The maximum atomic E-state index is 14.1. The Hall–Kier alpha value is -2.58. The van der Waals surface area contributed by atoms with E-state index in [1.807, 2.05) is 13.0 Å². The number of thiophene rings is 1. The molecule has 0 radical (unpaired) electrons. The molecule has 0 aliphatic carbocycles. The molecule has 0 atom stereocenters. The summed E-state index contributed by atoms with van der Waals surface area (Å²) in [4.78, 5) is 36.3. The molecule has 1 saturated heterocycles. The van der Waals surface area contributed by atoms with Crippen molar-refractivity contribution in [3.63, 3.8) is 0 Å². The van der Waals surface area contributed by atoms with Gasteiger partial charge in [0.25, 0.3) is 11.5 Å². The van der Waals surface area contributed by atoms with Crippen molar-refractivity contribution < 1.29 is 9.18 Å². The van der Waals surface area contributed by atoms with Crippen molar-refractivity contribution in [3.8, 4) is 0 Å². The highest BCUT2D eigenvalue weighted by Gasteiger charge is 2.28. The van der Waals surface area contributed by atoms with Crippen molar-refractivity contribution in [2.75, 3.05) is 19.8 Å². The van der Waals surface area contributed by atoms with Crippen LogP contribution in [-0.2, 0) is 19.5 Å². The maximum Gasteiger partial charge on any atom is 0.265 e. The van der Waals surface area contributed by atoms with Crippen molar-refractivity contribution in [2.24, 2.45) is 0 Å². The predicted molar refractivity (Wildman–Crippen MR) is 119 cm³/mol. The van der Waals surface area contributed by atoms with Crippen molar-refractivity contribution in [1.82, 2.24) is 19.4 Å².